The number of cyclic esters (lactones) is 1. The van der Waals surface area contributed by atoms with Crippen molar-refractivity contribution >= 4 is 12.0 Å². The van der Waals surface area contributed by atoms with E-state index in [1.165, 1.54) is 4.90 Å². The molecule has 1 atom stereocenters. The molecule has 2 N–H and O–H groups in total. The zero-order valence-electron chi connectivity index (χ0n) is 14.4. The van der Waals surface area contributed by atoms with Crippen molar-refractivity contribution in [2.75, 3.05) is 13.4 Å². The second-order valence-corrected chi connectivity index (χ2v) is 6.30. The Balaban J connectivity index is 1.40. The Hall–Kier alpha value is -3.42. The highest BCUT2D eigenvalue weighted by atomic mass is 16.7. The quantitative estimate of drug-likeness (QED) is 0.832. The minimum Gasteiger partial charge on any atom is -0.508 e. The van der Waals surface area contributed by atoms with Crippen LogP contribution in [-0.2, 0) is 22.6 Å². The van der Waals surface area contributed by atoms with Gasteiger partial charge in [-0.2, -0.15) is 0 Å². The lowest BCUT2D eigenvalue weighted by molar-refractivity contribution is -0.125. The summed E-state index contributed by atoms with van der Waals surface area (Å²) in [6.07, 6.45) is -0.554. The van der Waals surface area contributed by atoms with Crippen LogP contribution in [0.4, 0.5) is 4.79 Å². The van der Waals surface area contributed by atoms with E-state index >= 15 is 0 Å². The molecule has 8 nitrogen and oxygen atoms in total. The molecule has 1 fully saturated rings. The van der Waals surface area contributed by atoms with Gasteiger partial charge in [0, 0.05) is 6.54 Å². The van der Waals surface area contributed by atoms with Crippen LogP contribution in [0.15, 0.2) is 42.5 Å². The molecule has 2 aliphatic heterocycles. The zero-order valence-corrected chi connectivity index (χ0v) is 14.4. The van der Waals surface area contributed by atoms with Crippen molar-refractivity contribution in [3.05, 3.63) is 53.6 Å². The van der Waals surface area contributed by atoms with E-state index in [9.17, 15) is 14.7 Å². The highest BCUT2D eigenvalue weighted by molar-refractivity contribution is 5.87. The van der Waals surface area contributed by atoms with Crippen LogP contribution in [0.2, 0.25) is 0 Å². The van der Waals surface area contributed by atoms with Crippen molar-refractivity contribution in [1.29, 1.82) is 0 Å². The van der Waals surface area contributed by atoms with Crippen LogP contribution in [0.1, 0.15) is 11.1 Å². The monoisotopic (exact) mass is 370 g/mol. The summed E-state index contributed by atoms with van der Waals surface area (Å²) in [6, 6.07) is 11.3. The summed E-state index contributed by atoms with van der Waals surface area (Å²) in [5, 5.41) is 12.4. The van der Waals surface area contributed by atoms with Crippen LogP contribution in [0.5, 0.6) is 17.2 Å². The Morgan fingerprint density at radius 3 is 2.81 bits per heavy atom. The number of aromatic hydroxyl groups is 1. The number of nitrogens with one attached hydrogen (secondary N) is 1. The van der Waals surface area contributed by atoms with Gasteiger partial charge >= 0.3 is 6.09 Å². The van der Waals surface area contributed by atoms with Crippen LogP contribution in [0.25, 0.3) is 0 Å². The Bertz CT molecular complexity index is 884. The number of carbonyl (C=O) groups is 2. The molecule has 0 aromatic heterocycles. The predicted octanol–water partition coefficient (Wildman–Crippen LogP) is 1.76. The van der Waals surface area contributed by atoms with Gasteiger partial charge in [0.25, 0.3) is 0 Å². The summed E-state index contributed by atoms with van der Waals surface area (Å²) in [5.74, 6) is 1.12. The van der Waals surface area contributed by atoms with E-state index in [4.69, 9.17) is 14.2 Å². The molecular formula is C19H18N2O6. The van der Waals surface area contributed by atoms with Gasteiger partial charge in [0.05, 0.1) is 6.54 Å². The second-order valence-electron chi connectivity index (χ2n) is 6.30. The standard InChI is InChI=1S/C19H18N2O6/c22-14-3-1-2-13(6-14)9-21-15(10-25-19(21)24)18(23)20-8-12-4-5-16-17(7-12)27-11-26-16/h1-7,15,22H,8-11H2,(H,20,23)/t15-/m0/s1. The van der Waals surface area contributed by atoms with Gasteiger partial charge in [-0.3, -0.25) is 9.69 Å². The normalized spacial score (nSPS) is 17.7. The van der Waals surface area contributed by atoms with Crippen molar-refractivity contribution in [1.82, 2.24) is 10.2 Å². The highest BCUT2D eigenvalue weighted by Crippen LogP contribution is 2.32. The average Bonchev–Trinajstić information content (AvgIpc) is 3.26. The van der Waals surface area contributed by atoms with Gasteiger partial charge in [-0.15, -0.1) is 0 Å². The number of hydrogen-bond acceptors (Lipinski definition) is 6. The molecule has 2 amide bonds. The molecule has 2 aromatic carbocycles. The minimum atomic E-state index is -0.728. The molecule has 0 unspecified atom stereocenters. The van der Waals surface area contributed by atoms with Crippen molar-refractivity contribution in [3.8, 4) is 17.2 Å². The Kier molecular flexibility index (Phi) is 4.45. The largest absolute Gasteiger partial charge is 0.508 e. The summed E-state index contributed by atoms with van der Waals surface area (Å²) in [4.78, 5) is 25.9. The fraction of sp³-hybridized carbons (Fsp3) is 0.263. The van der Waals surface area contributed by atoms with Gasteiger partial charge in [0.15, 0.2) is 11.5 Å². The molecule has 0 aliphatic carbocycles. The van der Waals surface area contributed by atoms with Gasteiger partial charge in [0.2, 0.25) is 12.7 Å². The van der Waals surface area contributed by atoms with Crippen molar-refractivity contribution in [3.63, 3.8) is 0 Å². The van der Waals surface area contributed by atoms with E-state index < -0.39 is 12.1 Å². The summed E-state index contributed by atoms with van der Waals surface area (Å²) in [7, 11) is 0. The fourth-order valence-corrected chi connectivity index (χ4v) is 3.05. The van der Waals surface area contributed by atoms with Crippen LogP contribution in [-0.4, -0.2) is 41.4 Å². The number of ether oxygens (including phenoxy) is 3. The first-order valence-electron chi connectivity index (χ1n) is 8.48. The van der Waals surface area contributed by atoms with Gasteiger partial charge in [0.1, 0.15) is 18.4 Å². The molecule has 27 heavy (non-hydrogen) atoms. The molecule has 0 spiro atoms. The van der Waals surface area contributed by atoms with Gasteiger partial charge in [-0.1, -0.05) is 18.2 Å². The first kappa shape index (κ1) is 17.0. The third kappa shape index (κ3) is 3.59. The molecule has 0 bridgehead atoms. The Morgan fingerprint density at radius 1 is 1.11 bits per heavy atom. The molecule has 2 aliphatic rings. The van der Waals surface area contributed by atoms with Gasteiger partial charge < -0.3 is 24.6 Å². The first-order valence-corrected chi connectivity index (χ1v) is 8.48. The number of phenolic OH excluding ortho intramolecular Hbond substituents is 1. The summed E-state index contributed by atoms with van der Waals surface area (Å²) in [6.45, 7) is 0.650. The van der Waals surface area contributed by atoms with Gasteiger partial charge in [-0.25, -0.2) is 4.79 Å². The maximum absolute atomic E-state index is 12.6. The van der Waals surface area contributed by atoms with Crippen molar-refractivity contribution < 1.29 is 28.9 Å². The zero-order chi connectivity index (χ0) is 18.8. The number of phenols is 1. The lowest BCUT2D eigenvalue weighted by Gasteiger charge is -2.21. The first-order chi connectivity index (χ1) is 13.1. The Morgan fingerprint density at radius 2 is 1.96 bits per heavy atom. The third-order valence-corrected chi connectivity index (χ3v) is 4.45. The lowest BCUT2D eigenvalue weighted by atomic mass is 10.1. The molecule has 1 saturated heterocycles. The number of fused-ring (bicyclic) bond motifs is 1. The fourth-order valence-electron chi connectivity index (χ4n) is 3.05. The third-order valence-electron chi connectivity index (χ3n) is 4.45. The number of amides is 2. The van der Waals surface area contributed by atoms with E-state index in [1.54, 1.807) is 30.3 Å². The summed E-state index contributed by atoms with van der Waals surface area (Å²) in [5.41, 5.74) is 1.57. The second kappa shape index (κ2) is 7.06. The molecule has 4 rings (SSSR count). The van der Waals surface area contributed by atoms with Gasteiger partial charge in [-0.05, 0) is 35.4 Å². The maximum atomic E-state index is 12.6. The van der Waals surface area contributed by atoms with E-state index in [2.05, 4.69) is 5.32 Å². The van der Waals surface area contributed by atoms with Crippen LogP contribution >= 0.6 is 0 Å². The number of carbonyl (C=O) groups excluding carboxylic acids is 2. The number of hydrogen-bond donors (Lipinski definition) is 2. The van der Waals surface area contributed by atoms with Crippen LogP contribution in [0, 0.1) is 0 Å². The maximum Gasteiger partial charge on any atom is 0.410 e. The van der Waals surface area contributed by atoms with E-state index in [0.717, 1.165) is 5.56 Å². The Labute approximate surface area is 155 Å². The number of nitrogens with zero attached hydrogens (tertiary/aromatic N) is 1. The summed E-state index contributed by atoms with van der Waals surface area (Å²) < 4.78 is 15.6. The molecule has 0 radical (unpaired) electrons. The molecule has 2 aromatic rings. The smallest absolute Gasteiger partial charge is 0.410 e. The van der Waals surface area contributed by atoms with Crippen LogP contribution < -0.4 is 14.8 Å². The lowest BCUT2D eigenvalue weighted by Crippen LogP contribution is -2.45. The summed E-state index contributed by atoms with van der Waals surface area (Å²) >= 11 is 0. The average molecular weight is 370 g/mol. The van der Waals surface area contributed by atoms with E-state index in [-0.39, 0.29) is 31.6 Å². The van der Waals surface area contributed by atoms with Crippen molar-refractivity contribution in [2.24, 2.45) is 0 Å². The minimum absolute atomic E-state index is 0.00930. The van der Waals surface area contributed by atoms with Crippen molar-refractivity contribution in [2.45, 2.75) is 19.1 Å². The highest BCUT2D eigenvalue weighted by Gasteiger charge is 2.37. The van der Waals surface area contributed by atoms with Crippen LogP contribution in [0.3, 0.4) is 0 Å². The topological polar surface area (TPSA) is 97.3 Å². The number of rotatable bonds is 5. The number of benzene rings is 2. The molecular weight excluding hydrogens is 352 g/mol. The van der Waals surface area contributed by atoms with E-state index in [0.29, 0.717) is 23.6 Å². The molecule has 0 saturated carbocycles. The molecule has 2 heterocycles. The molecule has 140 valence electrons. The SMILES string of the molecule is O=C(NCc1ccc2c(c1)OCO2)[C@@H]1COC(=O)N1Cc1cccc(O)c1. The predicted molar refractivity (Wildman–Crippen MR) is 93.2 cm³/mol. The van der Waals surface area contributed by atoms with E-state index in [1.807, 2.05) is 12.1 Å². The molecule has 8 heteroatoms.